The third-order valence-electron chi connectivity index (χ3n) is 6.37. The number of nitrogens with one attached hydrogen (secondary N) is 1. The van der Waals surface area contributed by atoms with E-state index in [1.54, 1.807) is 13.8 Å². The van der Waals surface area contributed by atoms with Crippen molar-refractivity contribution in [3.63, 3.8) is 0 Å². The lowest BCUT2D eigenvalue weighted by molar-refractivity contribution is -0.147. The lowest BCUT2D eigenvalue weighted by Crippen LogP contribution is -2.46. The number of hydrogen-bond donors (Lipinski definition) is 1. The Balaban J connectivity index is 1.50. The van der Waals surface area contributed by atoms with Crippen LogP contribution in [0.1, 0.15) is 58.2 Å². The molecule has 0 bridgehead atoms. The van der Waals surface area contributed by atoms with Crippen molar-refractivity contribution in [1.29, 1.82) is 0 Å². The van der Waals surface area contributed by atoms with E-state index in [1.165, 1.54) is 6.42 Å². The van der Waals surface area contributed by atoms with Crippen LogP contribution in [0.25, 0.3) is 5.65 Å². The third-order valence-corrected chi connectivity index (χ3v) is 6.37. The Hall–Kier alpha value is -2.44. The van der Waals surface area contributed by atoms with Crippen molar-refractivity contribution in [2.45, 2.75) is 64.4 Å². The highest BCUT2D eigenvalue weighted by Gasteiger charge is 2.46. The van der Waals surface area contributed by atoms with Gasteiger partial charge in [-0.3, -0.25) is 14.0 Å². The van der Waals surface area contributed by atoms with E-state index in [2.05, 4.69) is 15.5 Å². The number of pyridine rings is 1. The Kier molecular flexibility index (Phi) is 4.85. The van der Waals surface area contributed by atoms with Gasteiger partial charge < -0.3 is 10.1 Å². The van der Waals surface area contributed by atoms with Crippen molar-refractivity contribution in [2.24, 2.45) is 11.3 Å². The highest BCUT2D eigenvalue weighted by molar-refractivity contribution is 5.87. The molecule has 1 amide bonds. The summed E-state index contributed by atoms with van der Waals surface area (Å²) in [6.07, 6.45) is 8.57. The Bertz CT molecular complexity index is 883. The zero-order chi connectivity index (χ0) is 19.8. The SMILES string of the molecule is CC1(C)OC(=O)CC1C(=O)NCC1(Cc2nnc3ccccn23)CCCCC1. The minimum atomic E-state index is -0.746. The van der Waals surface area contributed by atoms with E-state index < -0.39 is 11.5 Å². The molecule has 2 aliphatic rings. The second kappa shape index (κ2) is 7.18. The minimum Gasteiger partial charge on any atom is -0.459 e. The molecule has 0 aromatic carbocycles. The zero-order valence-electron chi connectivity index (χ0n) is 16.6. The molecule has 1 unspecified atom stereocenters. The Labute approximate surface area is 164 Å². The lowest BCUT2D eigenvalue weighted by atomic mass is 9.71. The molecular weight excluding hydrogens is 356 g/mol. The molecule has 1 saturated heterocycles. The second-order valence-corrected chi connectivity index (χ2v) is 8.83. The van der Waals surface area contributed by atoms with Crippen LogP contribution in [0.5, 0.6) is 0 Å². The standard InChI is InChI=1S/C21H28N4O3/c1-20(2)15(12-18(26)28-20)19(27)22-14-21(9-5-3-6-10-21)13-17-24-23-16-8-4-7-11-25(16)17/h4,7-8,11,15H,3,5-6,9-10,12-14H2,1-2H3,(H,22,27). The van der Waals surface area contributed by atoms with Gasteiger partial charge in [0.15, 0.2) is 5.65 Å². The van der Waals surface area contributed by atoms with Gasteiger partial charge in [0.25, 0.3) is 0 Å². The number of fused-ring (bicyclic) bond motifs is 1. The summed E-state index contributed by atoms with van der Waals surface area (Å²) in [5.74, 6) is 0.111. The first-order chi connectivity index (χ1) is 13.4. The molecular formula is C21H28N4O3. The largest absolute Gasteiger partial charge is 0.459 e. The van der Waals surface area contributed by atoms with Gasteiger partial charge in [0.05, 0.1) is 12.3 Å². The highest BCUT2D eigenvalue weighted by Crippen LogP contribution is 2.39. The molecule has 0 radical (unpaired) electrons. The summed E-state index contributed by atoms with van der Waals surface area (Å²) in [4.78, 5) is 24.5. The molecule has 2 aromatic heterocycles. The fourth-order valence-electron chi connectivity index (χ4n) is 4.69. The number of cyclic esters (lactones) is 1. The van der Waals surface area contributed by atoms with E-state index in [4.69, 9.17) is 4.74 Å². The van der Waals surface area contributed by atoms with E-state index in [-0.39, 0.29) is 23.7 Å². The van der Waals surface area contributed by atoms with Crippen molar-refractivity contribution in [3.05, 3.63) is 30.2 Å². The summed E-state index contributed by atoms with van der Waals surface area (Å²) in [5.41, 5.74) is 0.0700. The van der Waals surface area contributed by atoms with Crippen molar-refractivity contribution in [2.75, 3.05) is 6.54 Å². The monoisotopic (exact) mass is 384 g/mol. The first kappa shape index (κ1) is 18.9. The number of carbonyl (C=O) groups is 2. The summed E-state index contributed by atoms with van der Waals surface area (Å²) in [6, 6.07) is 5.89. The van der Waals surface area contributed by atoms with Crippen LogP contribution in [-0.2, 0) is 20.7 Å². The maximum atomic E-state index is 12.8. The number of nitrogens with zero attached hydrogens (tertiary/aromatic N) is 3. The molecule has 2 fully saturated rings. The molecule has 1 N–H and O–H groups in total. The zero-order valence-corrected chi connectivity index (χ0v) is 16.6. The molecule has 1 atom stereocenters. The average Bonchev–Trinajstić information content (AvgIpc) is 3.20. The predicted molar refractivity (Wildman–Crippen MR) is 103 cm³/mol. The van der Waals surface area contributed by atoms with Gasteiger partial charge in [-0.1, -0.05) is 25.3 Å². The van der Waals surface area contributed by atoms with Crippen molar-refractivity contribution in [3.8, 4) is 0 Å². The van der Waals surface area contributed by atoms with Crippen molar-refractivity contribution < 1.29 is 14.3 Å². The van der Waals surface area contributed by atoms with Crippen LogP contribution in [0.15, 0.2) is 24.4 Å². The average molecular weight is 384 g/mol. The first-order valence-electron chi connectivity index (χ1n) is 10.2. The number of carbonyl (C=O) groups excluding carboxylic acids is 2. The summed E-state index contributed by atoms with van der Waals surface area (Å²) in [5, 5.41) is 11.8. The van der Waals surface area contributed by atoms with Gasteiger partial charge in [0, 0.05) is 19.2 Å². The molecule has 7 heteroatoms. The van der Waals surface area contributed by atoms with Crippen molar-refractivity contribution >= 4 is 17.5 Å². The van der Waals surface area contributed by atoms with Gasteiger partial charge in [-0.05, 0) is 44.2 Å². The molecule has 1 aliphatic carbocycles. The van der Waals surface area contributed by atoms with Gasteiger partial charge in [-0.2, -0.15) is 0 Å². The molecule has 3 heterocycles. The molecule has 0 spiro atoms. The first-order valence-corrected chi connectivity index (χ1v) is 10.2. The van der Waals surface area contributed by atoms with Crippen LogP contribution in [-0.4, -0.2) is 38.6 Å². The van der Waals surface area contributed by atoms with Crippen molar-refractivity contribution in [1.82, 2.24) is 19.9 Å². The molecule has 7 nitrogen and oxygen atoms in total. The second-order valence-electron chi connectivity index (χ2n) is 8.83. The number of rotatable bonds is 5. The fourth-order valence-corrected chi connectivity index (χ4v) is 4.69. The number of amides is 1. The summed E-state index contributed by atoms with van der Waals surface area (Å²) >= 11 is 0. The van der Waals surface area contributed by atoms with Crippen LogP contribution in [0.4, 0.5) is 0 Å². The number of hydrogen-bond acceptors (Lipinski definition) is 5. The van der Waals surface area contributed by atoms with Crippen LogP contribution < -0.4 is 5.32 Å². The molecule has 2 aromatic rings. The summed E-state index contributed by atoms with van der Waals surface area (Å²) < 4.78 is 7.34. The van der Waals surface area contributed by atoms with Gasteiger partial charge >= 0.3 is 5.97 Å². The van der Waals surface area contributed by atoms with Crippen LogP contribution >= 0.6 is 0 Å². The molecule has 1 saturated carbocycles. The molecule has 1 aliphatic heterocycles. The Morgan fingerprint density at radius 1 is 1.25 bits per heavy atom. The van der Waals surface area contributed by atoms with Crippen LogP contribution in [0, 0.1) is 11.3 Å². The van der Waals surface area contributed by atoms with E-state index in [0.717, 1.165) is 43.6 Å². The number of esters is 1. The number of aromatic nitrogens is 3. The quantitative estimate of drug-likeness (QED) is 0.801. The van der Waals surface area contributed by atoms with E-state index in [1.807, 2.05) is 28.8 Å². The topological polar surface area (TPSA) is 85.6 Å². The third kappa shape index (κ3) is 3.62. The summed E-state index contributed by atoms with van der Waals surface area (Å²) in [6.45, 7) is 4.20. The van der Waals surface area contributed by atoms with E-state index in [9.17, 15) is 9.59 Å². The smallest absolute Gasteiger partial charge is 0.307 e. The summed E-state index contributed by atoms with van der Waals surface area (Å²) in [7, 11) is 0. The number of ether oxygens (including phenoxy) is 1. The maximum absolute atomic E-state index is 12.8. The lowest BCUT2D eigenvalue weighted by Gasteiger charge is -2.37. The Morgan fingerprint density at radius 3 is 2.75 bits per heavy atom. The van der Waals surface area contributed by atoms with E-state index in [0.29, 0.717) is 6.54 Å². The van der Waals surface area contributed by atoms with E-state index >= 15 is 0 Å². The molecule has 150 valence electrons. The molecule has 4 rings (SSSR count). The fraction of sp³-hybridized carbons (Fsp3) is 0.619. The maximum Gasteiger partial charge on any atom is 0.307 e. The van der Waals surface area contributed by atoms with Gasteiger partial charge in [-0.25, -0.2) is 0 Å². The Morgan fingerprint density at radius 2 is 2.04 bits per heavy atom. The highest BCUT2D eigenvalue weighted by atomic mass is 16.6. The normalized spacial score (nSPS) is 23.5. The van der Waals surface area contributed by atoms with Gasteiger partial charge in [0.1, 0.15) is 11.4 Å². The van der Waals surface area contributed by atoms with Crippen LogP contribution in [0.3, 0.4) is 0 Å². The van der Waals surface area contributed by atoms with Gasteiger partial charge in [-0.15, -0.1) is 10.2 Å². The predicted octanol–water partition coefficient (Wildman–Crippen LogP) is 2.68. The minimum absolute atomic E-state index is 0.0275. The molecule has 28 heavy (non-hydrogen) atoms. The van der Waals surface area contributed by atoms with Crippen LogP contribution in [0.2, 0.25) is 0 Å². The van der Waals surface area contributed by atoms with Gasteiger partial charge in [0.2, 0.25) is 5.91 Å².